The molecule has 2 aromatic carbocycles. The number of carbonyl (C=O) groups is 1. The van der Waals surface area contributed by atoms with Gasteiger partial charge in [-0.2, -0.15) is 4.31 Å². The normalized spacial score (nSPS) is 17.7. The molecule has 1 atom stereocenters. The monoisotopic (exact) mass is 434 g/mol. The number of hydrogen-bond donors (Lipinski definition) is 0. The zero-order valence-electron chi connectivity index (χ0n) is 15.9. The molecule has 7 nitrogen and oxygen atoms in total. The third-order valence-corrected chi connectivity index (χ3v) is 7.53. The van der Waals surface area contributed by atoms with E-state index in [9.17, 15) is 13.2 Å². The van der Waals surface area contributed by atoms with Gasteiger partial charge in [0.25, 0.3) is 0 Å². The van der Waals surface area contributed by atoms with Crippen LogP contribution in [0.2, 0.25) is 5.02 Å². The first-order chi connectivity index (χ1) is 13.8. The average Bonchev–Trinajstić information content (AvgIpc) is 3.32. The third kappa shape index (κ3) is 3.41. The molecule has 1 aliphatic heterocycles. The predicted molar refractivity (Wildman–Crippen MR) is 107 cm³/mol. The summed E-state index contributed by atoms with van der Waals surface area (Å²) >= 11 is 6.22. The maximum Gasteiger partial charge on any atom is 0.329 e. The standard InChI is InChI=1S/C20H19ClN2O5S/c1-12-19(13(2)28-22-12)29(25,26)23-11-5-8-17(23)20(24)27-18-10-9-16(21)14-6-3-4-7-15(14)18/h3-4,6-7,9-10,17H,5,8,11H2,1-2H3/t17-/m0/s1. The van der Waals surface area contributed by atoms with Crippen molar-refractivity contribution in [3.05, 3.63) is 52.9 Å². The molecule has 2 heterocycles. The highest BCUT2D eigenvalue weighted by Gasteiger charge is 2.43. The lowest BCUT2D eigenvalue weighted by atomic mass is 10.1. The molecule has 0 bridgehead atoms. The lowest BCUT2D eigenvalue weighted by molar-refractivity contribution is -0.137. The first-order valence-corrected chi connectivity index (χ1v) is 11.0. The number of ether oxygens (including phenoxy) is 1. The Morgan fingerprint density at radius 2 is 1.93 bits per heavy atom. The quantitative estimate of drug-likeness (QED) is 0.457. The van der Waals surface area contributed by atoms with Gasteiger partial charge in [-0.25, -0.2) is 13.2 Å². The molecule has 3 aromatic rings. The summed E-state index contributed by atoms with van der Waals surface area (Å²) in [5.74, 6) is -0.0767. The second-order valence-corrected chi connectivity index (χ2v) is 9.17. The van der Waals surface area contributed by atoms with E-state index >= 15 is 0 Å². The number of halogens is 1. The van der Waals surface area contributed by atoms with E-state index in [1.807, 2.05) is 18.2 Å². The first kappa shape index (κ1) is 19.9. The Morgan fingerprint density at radius 1 is 1.21 bits per heavy atom. The predicted octanol–water partition coefficient (Wildman–Crippen LogP) is 3.86. The number of nitrogens with zero attached hydrogens (tertiary/aromatic N) is 2. The van der Waals surface area contributed by atoms with Gasteiger partial charge in [-0.3, -0.25) is 0 Å². The van der Waals surface area contributed by atoms with Crippen LogP contribution >= 0.6 is 11.6 Å². The zero-order chi connectivity index (χ0) is 20.8. The summed E-state index contributed by atoms with van der Waals surface area (Å²) in [6.07, 6.45) is 0.941. The van der Waals surface area contributed by atoms with Crippen molar-refractivity contribution in [2.75, 3.05) is 6.54 Å². The molecule has 1 saturated heterocycles. The number of sulfonamides is 1. The lowest BCUT2D eigenvalue weighted by Crippen LogP contribution is -2.42. The molecule has 0 N–H and O–H groups in total. The molecule has 0 aliphatic carbocycles. The van der Waals surface area contributed by atoms with Crippen molar-refractivity contribution >= 4 is 38.4 Å². The van der Waals surface area contributed by atoms with Gasteiger partial charge in [0.05, 0.1) is 0 Å². The molecular weight excluding hydrogens is 416 g/mol. The highest BCUT2D eigenvalue weighted by Crippen LogP contribution is 2.34. The topological polar surface area (TPSA) is 89.7 Å². The van der Waals surface area contributed by atoms with Crippen LogP contribution in [0.1, 0.15) is 24.3 Å². The lowest BCUT2D eigenvalue weighted by Gasteiger charge is -2.22. The highest BCUT2D eigenvalue weighted by atomic mass is 35.5. The summed E-state index contributed by atoms with van der Waals surface area (Å²) in [5.41, 5.74) is 0.269. The van der Waals surface area contributed by atoms with Gasteiger partial charge in [-0.05, 0) is 38.8 Å². The fourth-order valence-corrected chi connectivity index (χ4v) is 5.89. The second-order valence-electron chi connectivity index (χ2n) is 6.94. The van der Waals surface area contributed by atoms with Crippen molar-refractivity contribution < 1.29 is 22.5 Å². The van der Waals surface area contributed by atoms with Crippen molar-refractivity contribution in [3.63, 3.8) is 0 Å². The second kappa shape index (κ2) is 7.44. The highest BCUT2D eigenvalue weighted by molar-refractivity contribution is 7.89. The summed E-state index contributed by atoms with van der Waals surface area (Å²) in [6, 6.07) is 9.65. The van der Waals surface area contributed by atoms with Crippen LogP contribution in [0, 0.1) is 13.8 Å². The number of benzene rings is 2. The SMILES string of the molecule is Cc1noc(C)c1S(=O)(=O)N1CCC[C@H]1C(=O)Oc1ccc(Cl)c2ccccc12. The Hall–Kier alpha value is -2.42. The molecule has 1 fully saturated rings. The van der Waals surface area contributed by atoms with Crippen LogP contribution in [-0.4, -0.2) is 36.4 Å². The largest absolute Gasteiger partial charge is 0.425 e. The summed E-state index contributed by atoms with van der Waals surface area (Å²) in [6.45, 7) is 3.33. The van der Waals surface area contributed by atoms with E-state index in [-0.39, 0.29) is 22.9 Å². The average molecular weight is 435 g/mol. The van der Waals surface area contributed by atoms with Crippen molar-refractivity contribution in [3.8, 4) is 5.75 Å². The number of aromatic nitrogens is 1. The molecule has 0 amide bonds. The fourth-order valence-electron chi connectivity index (χ4n) is 3.72. The number of fused-ring (bicyclic) bond motifs is 1. The summed E-state index contributed by atoms with van der Waals surface area (Å²) < 4.78 is 38.1. The van der Waals surface area contributed by atoms with E-state index in [2.05, 4.69) is 5.16 Å². The molecule has 0 spiro atoms. The van der Waals surface area contributed by atoms with Crippen LogP contribution in [0.25, 0.3) is 10.8 Å². The molecule has 0 saturated carbocycles. The number of rotatable bonds is 4. The van der Waals surface area contributed by atoms with Crippen LogP contribution in [0.5, 0.6) is 5.75 Å². The number of hydrogen-bond acceptors (Lipinski definition) is 6. The van der Waals surface area contributed by atoms with E-state index in [0.29, 0.717) is 29.0 Å². The molecule has 29 heavy (non-hydrogen) atoms. The molecule has 1 aliphatic rings. The van der Waals surface area contributed by atoms with E-state index in [1.54, 1.807) is 25.1 Å². The van der Waals surface area contributed by atoms with Crippen LogP contribution in [-0.2, 0) is 14.8 Å². The van der Waals surface area contributed by atoms with Gasteiger partial charge < -0.3 is 9.26 Å². The van der Waals surface area contributed by atoms with Gasteiger partial charge >= 0.3 is 5.97 Å². The first-order valence-electron chi connectivity index (χ1n) is 9.14. The van der Waals surface area contributed by atoms with Gasteiger partial charge in [-0.15, -0.1) is 0 Å². The van der Waals surface area contributed by atoms with Gasteiger partial charge in [0.15, 0.2) is 5.76 Å². The minimum Gasteiger partial charge on any atom is -0.425 e. The summed E-state index contributed by atoms with van der Waals surface area (Å²) in [5, 5.41) is 5.71. The molecule has 9 heteroatoms. The number of carbonyl (C=O) groups excluding carboxylic acids is 1. The maximum atomic E-state index is 13.2. The van der Waals surface area contributed by atoms with E-state index < -0.39 is 22.0 Å². The van der Waals surface area contributed by atoms with Crippen molar-refractivity contribution in [1.29, 1.82) is 0 Å². The van der Waals surface area contributed by atoms with Gasteiger partial charge in [-0.1, -0.05) is 41.0 Å². The smallest absolute Gasteiger partial charge is 0.329 e. The summed E-state index contributed by atoms with van der Waals surface area (Å²) in [7, 11) is -3.94. The number of esters is 1. The van der Waals surface area contributed by atoms with Gasteiger partial charge in [0.1, 0.15) is 22.4 Å². The summed E-state index contributed by atoms with van der Waals surface area (Å²) in [4.78, 5) is 12.9. The Morgan fingerprint density at radius 3 is 2.62 bits per heavy atom. The Bertz CT molecular complexity index is 1190. The molecule has 4 rings (SSSR count). The van der Waals surface area contributed by atoms with Crippen LogP contribution in [0.4, 0.5) is 0 Å². The minimum absolute atomic E-state index is 0.00847. The van der Waals surface area contributed by atoms with Crippen molar-refractivity contribution in [1.82, 2.24) is 9.46 Å². The molecule has 1 aromatic heterocycles. The third-order valence-electron chi connectivity index (χ3n) is 5.05. The van der Waals surface area contributed by atoms with Crippen LogP contribution in [0.3, 0.4) is 0 Å². The van der Waals surface area contributed by atoms with Crippen molar-refractivity contribution in [2.45, 2.75) is 37.6 Å². The number of aryl methyl sites for hydroxylation is 2. The molecule has 0 radical (unpaired) electrons. The maximum absolute atomic E-state index is 13.2. The van der Waals surface area contributed by atoms with Gasteiger partial charge in [0.2, 0.25) is 10.0 Å². The Kier molecular flexibility index (Phi) is 5.10. The van der Waals surface area contributed by atoms with Crippen LogP contribution < -0.4 is 4.74 Å². The molecule has 0 unspecified atom stereocenters. The minimum atomic E-state index is -3.94. The fraction of sp³-hybridized carbons (Fsp3) is 0.300. The van der Waals surface area contributed by atoms with E-state index in [4.69, 9.17) is 20.9 Å². The Labute approximate surface area is 173 Å². The van der Waals surface area contributed by atoms with Crippen molar-refractivity contribution in [2.24, 2.45) is 0 Å². The van der Waals surface area contributed by atoms with Crippen LogP contribution in [0.15, 0.2) is 45.8 Å². The van der Waals surface area contributed by atoms with Gasteiger partial charge in [0, 0.05) is 22.3 Å². The zero-order valence-corrected chi connectivity index (χ0v) is 17.5. The molecule has 152 valence electrons. The van der Waals surface area contributed by atoms with E-state index in [0.717, 1.165) is 5.39 Å². The molecular formula is C20H19ClN2O5S. The Balaban J connectivity index is 1.65. The van der Waals surface area contributed by atoms with E-state index in [1.165, 1.54) is 11.2 Å².